The van der Waals surface area contributed by atoms with Crippen molar-refractivity contribution in [2.24, 2.45) is 5.92 Å². The zero-order chi connectivity index (χ0) is 79.0. The van der Waals surface area contributed by atoms with Crippen molar-refractivity contribution in [2.45, 2.75) is 502 Å². The average molecular weight is 1580 g/mol. The highest BCUT2D eigenvalue weighted by atomic mass is 31.2. The van der Waals surface area contributed by atoms with Gasteiger partial charge in [-0.1, -0.05) is 433 Å². The number of aliphatic hydroxyl groups is 1. The van der Waals surface area contributed by atoms with Gasteiger partial charge in [0.2, 0.25) is 0 Å². The molecule has 0 aliphatic rings. The van der Waals surface area contributed by atoms with Crippen LogP contribution < -0.4 is 0 Å². The first-order valence-corrected chi connectivity index (χ1v) is 49.2. The normalized spacial score (nSPS) is 14.0. The van der Waals surface area contributed by atoms with E-state index in [1.165, 1.54) is 295 Å². The number of hydrogen-bond donors (Lipinski definition) is 3. The molecule has 108 heavy (non-hydrogen) atoms. The van der Waals surface area contributed by atoms with Crippen LogP contribution in [0, 0.1) is 5.92 Å². The van der Waals surface area contributed by atoms with Crippen molar-refractivity contribution in [3.8, 4) is 0 Å². The van der Waals surface area contributed by atoms with E-state index in [9.17, 15) is 43.2 Å². The van der Waals surface area contributed by atoms with E-state index in [1.807, 2.05) is 0 Å². The van der Waals surface area contributed by atoms with Crippen LogP contribution in [-0.4, -0.2) is 96.7 Å². The lowest BCUT2D eigenvalue weighted by molar-refractivity contribution is -0.161. The minimum Gasteiger partial charge on any atom is -0.462 e. The molecule has 0 amide bonds. The lowest BCUT2D eigenvalue weighted by Gasteiger charge is -2.21. The van der Waals surface area contributed by atoms with Crippen molar-refractivity contribution in [2.75, 3.05) is 39.6 Å². The first kappa shape index (κ1) is 106. The number of unbranched alkanes of at least 4 members (excludes halogenated alkanes) is 60. The fraction of sp³-hybridized carbons (Fsp3) is 0.955. The number of phosphoric acid groups is 2. The molecule has 6 atom stereocenters. The van der Waals surface area contributed by atoms with Crippen molar-refractivity contribution < 1.29 is 80.2 Å². The van der Waals surface area contributed by atoms with Gasteiger partial charge in [0.1, 0.15) is 19.3 Å². The van der Waals surface area contributed by atoms with E-state index in [0.29, 0.717) is 25.7 Å². The van der Waals surface area contributed by atoms with E-state index in [1.54, 1.807) is 0 Å². The second kappa shape index (κ2) is 81.6. The zero-order valence-corrected chi connectivity index (χ0v) is 72.8. The van der Waals surface area contributed by atoms with E-state index in [4.69, 9.17) is 37.0 Å². The molecule has 0 radical (unpaired) electrons. The molecule has 0 fully saturated rings. The molecule has 17 nitrogen and oxygen atoms in total. The van der Waals surface area contributed by atoms with E-state index >= 15 is 0 Å². The fourth-order valence-electron chi connectivity index (χ4n) is 14.0. The molecule has 0 bridgehead atoms. The quantitative estimate of drug-likeness (QED) is 0.0222. The second-order valence-corrected chi connectivity index (χ2v) is 35.1. The predicted molar refractivity (Wildman–Crippen MR) is 446 cm³/mol. The van der Waals surface area contributed by atoms with Crippen molar-refractivity contribution in [1.29, 1.82) is 0 Å². The number of aliphatic hydroxyl groups excluding tert-OH is 1. The first-order chi connectivity index (χ1) is 52.6. The molecule has 3 N–H and O–H groups in total. The van der Waals surface area contributed by atoms with Crippen LogP contribution in [-0.2, 0) is 65.4 Å². The van der Waals surface area contributed by atoms with Gasteiger partial charge in [0.05, 0.1) is 26.4 Å². The Morgan fingerprint density at radius 1 is 0.259 bits per heavy atom. The molecular formula is C89H174O17P2. The SMILES string of the molecule is CCCCCCCCCCCCCCCCCCCCCCCCC(=O)O[C@H](COC(=O)CCCCCCCCCCCCCCCCCCCCCCC)COP(=O)(O)OC[C@@H](O)COP(=O)(O)OC[C@@H](COC(=O)CCCCCCCCC)OC(=O)CCCCCCCCCCCCCCCCC(C)CC. The van der Waals surface area contributed by atoms with Gasteiger partial charge in [0.15, 0.2) is 12.2 Å². The number of esters is 4. The van der Waals surface area contributed by atoms with Gasteiger partial charge in [-0.3, -0.25) is 37.3 Å². The van der Waals surface area contributed by atoms with E-state index in [2.05, 4.69) is 34.6 Å². The molecule has 0 saturated carbocycles. The number of carbonyl (C=O) groups is 4. The minimum absolute atomic E-state index is 0.108. The van der Waals surface area contributed by atoms with Crippen LogP contribution in [0.15, 0.2) is 0 Å². The summed E-state index contributed by atoms with van der Waals surface area (Å²) in [6, 6.07) is 0. The topological polar surface area (TPSA) is 237 Å². The van der Waals surface area contributed by atoms with Crippen LogP contribution in [0.5, 0.6) is 0 Å². The highest BCUT2D eigenvalue weighted by Crippen LogP contribution is 2.45. The van der Waals surface area contributed by atoms with Crippen LogP contribution in [0.2, 0.25) is 0 Å². The molecule has 0 aliphatic heterocycles. The summed E-state index contributed by atoms with van der Waals surface area (Å²) < 4.78 is 68.9. The highest BCUT2D eigenvalue weighted by Gasteiger charge is 2.31. The Hall–Kier alpha value is -1.94. The Bertz CT molecular complexity index is 2050. The summed E-state index contributed by atoms with van der Waals surface area (Å²) in [6.07, 6.45) is 76.7. The van der Waals surface area contributed by atoms with Gasteiger partial charge in [-0.15, -0.1) is 0 Å². The Kier molecular flexibility index (Phi) is 80.2. The van der Waals surface area contributed by atoms with Gasteiger partial charge in [-0.2, -0.15) is 0 Å². The van der Waals surface area contributed by atoms with Crippen LogP contribution in [0.4, 0.5) is 0 Å². The van der Waals surface area contributed by atoms with E-state index in [-0.39, 0.29) is 25.7 Å². The van der Waals surface area contributed by atoms with E-state index < -0.39 is 97.5 Å². The molecular weight excluding hydrogens is 1400 g/mol. The Morgan fingerprint density at radius 2 is 0.444 bits per heavy atom. The summed E-state index contributed by atoms with van der Waals surface area (Å²) in [5.41, 5.74) is 0. The van der Waals surface area contributed by atoms with Crippen molar-refractivity contribution in [3.63, 3.8) is 0 Å². The molecule has 0 heterocycles. The third-order valence-electron chi connectivity index (χ3n) is 21.4. The number of phosphoric ester groups is 2. The number of carbonyl (C=O) groups excluding carboxylic acids is 4. The third kappa shape index (κ3) is 80.7. The van der Waals surface area contributed by atoms with Gasteiger partial charge in [-0.05, 0) is 31.6 Å². The standard InChI is InChI=1S/C89H174O17P2/c1-6-10-13-16-19-21-23-25-27-29-31-33-35-37-39-41-46-50-54-59-64-69-75-89(94)106-85(79-100-87(92)73-68-63-58-53-49-45-40-38-36-34-32-30-28-26-24-22-20-17-14-11-7-2)81-104-108(97,98)102-77-83(90)76-101-107(95,96)103-80-84(78-99-86(91)72-67-62-56-18-15-12-8-3)105-88(93)74-70-65-60-55-51-47-43-42-44-48-52-57-61-66-71-82(5)9-4/h82-85,90H,6-81H2,1-5H3,(H,95,96)(H,97,98)/t82?,83-,84+,85+/m0/s1. The lowest BCUT2D eigenvalue weighted by Crippen LogP contribution is -2.30. The van der Waals surface area contributed by atoms with Crippen molar-refractivity contribution >= 4 is 39.5 Å². The summed E-state index contributed by atoms with van der Waals surface area (Å²) in [6.45, 7) is 7.38. The molecule has 0 aromatic rings. The average Bonchev–Trinajstić information content (AvgIpc) is 0.899. The molecule has 0 spiro atoms. The zero-order valence-electron chi connectivity index (χ0n) is 71.0. The van der Waals surface area contributed by atoms with Crippen LogP contribution >= 0.6 is 15.6 Å². The molecule has 0 aliphatic carbocycles. The maximum absolute atomic E-state index is 13.2. The van der Waals surface area contributed by atoms with Gasteiger partial charge in [0.25, 0.3) is 0 Å². The Morgan fingerprint density at radius 3 is 0.657 bits per heavy atom. The van der Waals surface area contributed by atoms with Crippen LogP contribution in [0.1, 0.15) is 484 Å². The molecule has 0 aromatic carbocycles. The molecule has 19 heteroatoms. The Balaban J connectivity index is 5.15. The van der Waals surface area contributed by atoms with Crippen molar-refractivity contribution in [1.82, 2.24) is 0 Å². The fourth-order valence-corrected chi connectivity index (χ4v) is 15.5. The molecule has 0 aromatic heterocycles. The highest BCUT2D eigenvalue weighted by molar-refractivity contribution is 7.47. The smallest absolute Gasteiger partial charge is 0.462 e. The monoisotopic (exact) mass is 1580 g/mol. The summed E-state index contributed by atoms with van der Waals surface area (Å²) in [5.74, 6) is -1.26. The Labute approximate surface area is 664 Å². The van der Waals surface area contributed by atoms with Gasteiger partial charge in [0, 0.05) is 25.7 Å². The molecule has 642 valence electrons. The van der Waals surface area contributed by atoms with E-state index in [0.717, 1.165) is 109 Å². The maximum atomic E-state index is 13.2. The third-order valence-corrected chi connectivity index (χ3v) is 23.3. The molecule has 3 unspecified atom stereocenters. The van der Waals surface area contributed by atoms with Crippen LogP contribution in [0.3, 0.4) is 0 Å². The second-order valence-electron chi connectivity index (χ2n) is 32.2. The summed E-state index contributed by atoms with van der Waals surface area (Å²) in [5, 5.41) is 10.7. The van der Waals surface area contributed by atoms with Gasteiger partial charge in [-0.25, -0.2) is 9.13 Å². The molecule has 0 saturated heterocycles. The molecule has 0 rings (SSSR count). The lowest BCUT2D eigenvalue weighted by atomic mass is 9.99. The predicted octanol–water partition coefficient (Wildman–Crippen LogP) is 27.5. The van der Waals surface area contributed by atoms with Gasteiger partial charge >= 0.3 is 39.5 Å². The van der Waals surface area contributed by atoms with Crippen LogP contribution in [0.25, 0.3) is 0 Å². The summed E-state index contributed by atoms with van der Waals surface area (Å²) in [4.78, 5) is 73.2. The largest absolute Gasteiger partial charge is 0.472 e. The number of rotatable bonds is 89. The summed E-state index contributed by atoms with van der Waals surface area (Å²) >= 11 is 0. The van der Waals surface area contributed by atoms with Gasteiger partial charge < -0.3 is 33.8 Å². The first-order valence-electron chi connectivity index (χ1n) is 46.2. The minimum atomic E-state index is -4.97. The maximum Gasteiger partial charge on any atom is 0.472 e. The summed E-state index contributed by atoms with van der Waals surface area (Å²) in [7, 11) is -9.92. The number of ether oxygens (including phenoxy) is 4. The van der Waals surface area contributed by atoms with Crippen molar-refractivity contribution in [3.05, 3.63) is 0 Å². The number of hydrogen-bond acceptors (Lipinski definition) is 15.